The highest BCUT2D eigenvalue weighted by Gasteiger charge is 2.13. The highest BCUT2D eigenvalue weighted by atomic mass is 32.2. The molecule has 0 saturated heterocycles. The lowest BCUT2D eigenvalue weighted by Crippen LogP contribution is -2.31. The number of likely N-dealkylation sites (N-methyl/N-ethyl adjacent to an activating group) is 1. The predicted molar refractivity (Wildman–Crippen MR) is 62.2 cm³/mol. The van der Waals surface area contributed by atoms with E-state index >= 15 is 0 Å². The Morgan fingerprint density at radius 2 is 1.80 bits per heavy atom. The topological polar surface area (TPSA) is 37.4 Å². The molecule has 0 aliphatic rings. The zero-order valence-corrected chi connectivity index (χ0v) is 10.00. The van der Waals surface area contributed by atoms with Crippen LogP contribution in [-0.2, 0) is 16.4 Å². The zero-order valence-electron chi connectivity index (χ0n) is 9.18. The lowest BCUT2D eigenvalue weighted by molar-refractivity contribution is 0.435. The minimum absolute atomic E-state index is 0.533. The molecule has 0 radical (unpaired) electrons. The fourth-order valence-corrected chi connectivity index (χ4v) is 2.35. The minimum atomic E-state index is -3.05. The number of benzene rings is 1. The van der Waals surface area contributed by atoms with Crippen molar-refractivity contribution < 1.29 is 8.42 Å². The summed E-state index contributed by atoms with van der Waals surface area (Å²) in [5.41, 5.74) is 1.17. The molecule has 0 heterocycles. The maximum Gasteiger partial charge on any atom is 0.211 e. The quantitative estimate of drug-likeness (QED) is 0.764. The molecule has 0 saturated carbocycles. The lowest BCUT2D eigenvalue weighted by atomic mass is 10.1. The molecular weight excluding hydrogens is 210 g/mol. The van der Waals surface area contributed by atoms with Crippen LogP contribution in [0.4, 0.5) is 0 Å². The Hall–Kier alpha value is -0.870. The van der Waals surface area contributed by atoms with Crippen molar-refractivity contribution in [1.29, 1.82) is 0 Å². The van der Waals surface area contributed by atoms with Gasteiger partial charge in [-0.2, -0.15) is 0 Å². The second-order valence-corrected chi connectivity index (χ2v) is 5.47. The smallest absolute Gasteiger partial charge is 0.211 e. The molecule has 0 spiro atoms. The summed E-state index contributed by atoms with van der Waals surface area (Å²) < 4.78 is 24.1. The number of sulfonamides is 1. The van der Waals surface area contributed by atoms with E-state index in [1.807, 2.05) is 37.3 Å². The second-order valence-electron chi connectivity index (χ2n) is 3.49. The zero-order chi connectivity index (χ0) is 11.3. The average molecular weight is 227 g/mol. The third kappa shape index (κ3) is 4.01. The maximum absolute atomic E-state index is 11.3. The van der Waals surface area contributed by atoms with Gasteiger partial charge >= 0.3 is 0 Å². The van der Waals surface area contributed by atoms with Crippen molar-refractivity contribution in [3.8, 4) is 0 Å². The van der Waals surface area contributed by atoms with Crippen LogP contribution in [-0.4, -0.2) is 32.1 Å². The number of nitrogens with zero attached hydrogens (tertiary/aromatic N) is 1. The lowest BCUT2D eigenvalue weighted by Gasteiger charge is -2.17. The Labute approximate surface area is 91.8 Å². The van der Waals surface area contributed by atoms with Gasteiger partial charge in [0.15, 0.2) is 0 Å². The van der Waals surface area contributed by atoms with Crippen molar-refractivity contribution in [3.63, 3.8) is 0 Å². The summed E-state index contributed by atoms with van der Waals surface area (Å²) in [5, 5.41) is 0. The first-order chi connectivity index (χ1) is 7.04. The third-order valence-electron chi connectivity index (χ3n) is 2.31. The van der Waals surface area contributed by atoms with E-state index in [0.717, 1.165) is 6.42 Å². The molecule has 3 nitrogen and oxygen atoms in total. The highest BCUT2D eigenvalue weighted by Crippen LogP contribution is 2.03. The van der Waals surface area contributed by atoms with Crippen LogP contribution in [0.5, 0.6) is 0 Å². The molecule has 4 heteroatoms. The number of hydrogen-bond donors (Lipinski definition) is 0. The van der Waals surface area contributed by atoms with Crippen molar-refractivity contribution in [1.82, 2.24) is 4.31 Å². The van der Waals surface area contributed by atoms with Gasteiger partial charge in [0.05, 0.1) is 6.26 Å². The molecule has 1 aromatic rings. The maximum atomic E-state index is 11.3. The fraction of sp³-hybridized carbons (Fsp3) is 0.455. The van der Waals surface area contributed by atoms with E-state index in [0.29, 0.717) is 13.1 Å². The molecule has 0 N–H and O–H groups in total. The van der Waals surface area contributed by atoms with Gasteiger partial charge in [-0.3, -0.25) is 0 Å². The van der Waals surface area contributed by atoms with Crippen LogP contribution in [0, 0.1) is 0 Å². The van der Waals surface area contributed by atoms with E-state index in [1.54, 1.807) is 0 Å². The van der Waals surface area contributed by atoms with Crippen LogP contribution in [0.3, 0.4) is 0 Å². The van der Waals surface area contributed by atoms with Crippen molar-refractivity contribution in [2.75, 3.05) is 19.3 Å². The largest absolute Gasteiger partial charge is 0.213 e. The first kappa shape index (κ1) is 12.2. The van der Waals surface area contributed by atoms with Gasteiger partial charge in [-0.15, -0.1) is 0 Å². The van der Waals surface area contributed by atoms with Crippen LogP contribution in [0.1, 0.15) is 12.5 Å². The van der Waals surface area contributed by atoms with Gasteiger partial charge in [0, 0.05) is 13.1 Å². The molecular formula is C11H17NO2S. The summed E-state index contributed by atoms with van der Waals surface area (Å²) in [6.45, 7) is 2.94. The molecule has 1 rings (SSSR count). The van der Waals surface area contributed by atoms with Gasteiger partial charge in [-0.1, -0.05) is 37.3 Å². The standard InChI is InChI=1S/C11H17NO2S/c1-3-12(15(2,13)14)10-9-11-7-5-4-6-8-11/h4-8H,3,9-10H2,1-2H3. The van der Waals surface area contributed by atoms with Crippen molar-refractivity contribution in [3.05, 3.63) is 35.9 Å². The van der Waals surface area contributed by atoms with Crippen LogP contribution >= 0.6 is 0 Å². The highest BCUT2D eigenvalue weighted by molar-refractivity contribution is 7.88. The fourth-order valence-electron chi connectivity index (χ4n) is 1.46. The number of hydrogen-bond acceptors (Lipinski definition) is 2. The number of rotatable bonds is 5. The van der Waals surface area contributed by atoms with Crippen molar-refractivity contribution in [2.24, 2.45) is 0 Å². The van der Waals surface area contributed by atoms with Gasteiger partial charge in [-0.25, -0.2) is 12.7 Å². The molecule has 0 aliphatic carbocycles. The summed E-state index contributed by atoms with van der Waals surface area (Å²) in [6, 6.07) is 9.90. The normalized spacial score (nSPS) is 11.9. The van der Waals surface area contributed by atoms with Crippen LogP contribution in [0.25, 0.3) is 0 Å². The van der Waals surface area contributed by atoms with Gasteiger partial charge < -0.3 is 0 Å². The first-order valence-corrected chi connectivity index (χ1v) is 6.88. The molecule has 0 aliphatic heterocycles. The predicted octanol–water partition coefficient (Wildman–Crippen LogP) is 1.51. The van der Waals surface area contributed by atoms with Crippen LogP contribution < -0.4 is 0 Å². The molecule has 84 valence electrons. The van der Waals surface area contributed by atoms with E-state index in [4.69, 9.17) is 0 Å². The van der Waals surface area contributed by atoms with E-state index in [-0.39, 0.29) is 0 Å². The summed E-state index contributed by atoms with van der Waals surface area (Å²) in [6.07, 6.45) is 2.02. The average Bonchev–Trinajstić information content (AvgIpc) is 2.18. The van der Waals surface area contributed by atoms with Crippen molar-refractivity contribution in [2.45, 2.75) is 13.3 Å². The van der Waals surface area contributed by atoms with E-state index < -0.39 is 10.0 Å². The molecule has 0 atom stereocenters. The van der Waals surface area contributed by atoms with Gasteiger partial charge in [-0.05, 0) is 12.0 Å². The first-order valence-electron chi connectivity index (χ1n) is 5.03. The minimum Gasteiger partial charge on any atom is -0.213 e. The van der Waals surface area contributed by atoms with Gasteiger partial charge in [0.2, 0.25) is 10.0 Å². The van der Waals surface area contributed by atoms with Gasteiger partial charge in [0.25, 0.3) is 0 Å². The molecule has 0 unspecified atom stereocenters. The Bertz CT molecular complexity index is 386. The van der Waals surface area contributed by atoms with Crippen LogP contribution in [0.2, 0.25) is 0 Å². The summed E-state index contributed by atoms with van der Waals surface area (Å²) in [5.74, 6) is 0. The Morgan fingerprint density at radius 1 is 1.20 bits per heavy atom. The summed E-state index contributed by atoms with van der Waals surface area (Å²) in [7, 11) is -3.05. The molecule has 0 fully saturated rings. The molecule has 0 aromatic heterocycles. The van der Waals surface area contributed by atoms with Gasteiger partial charge in [0.1, 0.15) is 0 Å². The van der Waals surface area contributed by atoms with E-state index in [9.17, 15) is 8.42 Å². The second kappa shape index (κ2) is 5.28. The van der Waals surface area contributed by atoms with Crippen LogP contribution in [0.15, 0.2) is 30.3 Å². The third-order valence-corrected chi connectivity index (χ3v) is 3.69. The molecule has 1 aromatic carbocycles. The Morgan fingerprint density at radius 3 is 2.27 bits per heavy atom. The summed E-state index contributed by atoms with van der Waals surface area (Å²) in [4.78, 5) is 0. The van der Waals surface area contributed by atoms with Crippen molar-refractivity contribution >= 4 is 10.0 Å². The van der Waals surface area contributed by atoms with E-state index in [2.05, 4.69) is 0 Å². The Balaban J connectivity index is 2.56. The molecule has 0 bridgehead atoms. The monoisotopic (exact) mass is 227 g/mol. The SMILES string of the molecule is CCN(CCc1ccccc1)S(C)(=O)=O. The summed E-state index contributed by atoms with van der Waals surface area (Å²) >= 11 is 0. The Kier molecular flexibility index (Phi) is 4.29. The molecule has 0 amide bonds. The van der Waals surface area contributed by atoms with E-state index in [1.165, 1.54) is 16.1 Å². The molecule has 15 heavy (non-hydrogen) atoms.